The number of benzene rings is 6. The first-order chi connectivity index (χ1) is 25.4. The molecule has 0 atom stereocenters. The Balaban J connectivity index is 0.000000263. The third-order valence-electron chi connectivity index (χ3n) is 9.95. The normalized spacial score (nSPS) is 12.1. The number of hydrogen-bond donors (Lipinski definition) is 0. The van der Waals surface area contributed by atoms with Gasteiger partial charge >= 0.3 is 0 Å². The molecule has 1 aliphatic rings. The van der Waals surface area contributed by atoms with Gasteiger partial charge < -0.3 is 9.97 Å². The molecular formula is C49H38IrN2Si-2. The molecule has 0 spiro atoms. The first-order valence-corrected chi connectivity index (χ1v) is 20.7. The summed E-state index contributed by atoms with van der Waals surface area (Å²) < 4.78 is 0. The van der Waals surface area contributed by atoms with Crippen LogP contribution in [0.3, 0.4) is 0 Å². The van der Waals surface area contributed by atoms with Crippen LogP contribution in [0.4, 0.5) is 0 Å². The van der Waals surface area contributed by atoms with Gasteiger partial charge in [0.1, 0.15) is 8.07 Å². The minimum atomic E-state index is -1.63. The van der Waals surface area contributed by atoms with E-state index in [-0.39, 0.29) is 20.1 Å². The summed E-state index contributed by atoms with van der Waals surface area (Å²) >= 11 is 0. The number of pyridine rings is 2. The zero-order valence-corrected chi connectivity index (χ0v) is 33.4. The minimum absolute atomic E-state index is 0. The summed E-state index contributed by atoms with van der Waals surface area (Å²) in [6, 6.07) is 66.4. The summed E-state index contributed by atoms with van der Waals surface area (Å²) in [4.78, 5) is 8.89. The zero-order valence-electron chi connectivity index (χ0n) is 30.0. The summed E-state index contributed by atoms with van der Waals surface area (Å²) in [6.45, 7) is 6.93. The summed E-state index contributed by atoms with van der Waals surface area (Å²) in [5.74, 6) is 0. The second-order valence-corrected chi connectivity index (χ2v) is 18.1. The van der Waals surface area contributed by atoms with E-state index < -0.39 is 8.07 Å². The summed E-state index contributed by atoms with van der Waals surface area (Å²) in [5.41, 5.74) is 15.2. The van der Waals surface area contributed by atoms with Crippen molar-refractivity contribution in [2.75, 3.05) is 0 Å². The SMILES string of the molecule is C[Si]1(C)c2ccccc2-c2cc(-c3cccc(-c4ccc(-c5cc[c-]c(-c6ccccn6)c5)cc4)c3)ccc21.Cc1cccc(-c2[c-]cccc2)n1.[Ir]. The van der Waals surface area contributed by atoms with Gasteiger partial charge in [0, 0.05) is 32.0 Å². The van der Waals surface area contributed by atoms with Crippen molar-refractivity contribution in [3.05, 3.63) is 194 Å². The van der Waals surface area contributed by atoms with Crippen molar-refractivity contribution in [3.63, 3.8) is 0 Å². The van der Waals surface area contributed by atoms with Crippen molar-refractivity contribution >= 4 is 18.4 Å². The zero-order chi connectivity index (χ0) is 35.5. The van der Waals surface area contributed by atoms with E-state index in [0.29, 0.717) is 0 Å². The van der Waals surface area contributed by atoms with Gasteiger partial charge in [-0.15, -0.1) is 71.3 Å². The Morgan fingerprint density at radius 2 is 1.08 bits per heavy atom. The van der Waals surface area contributed by atoms with E-state index in [0.717, 1.165) is 28.2 Å². The average molecular weight is 875 g/mol. The second-order valence-electron chi connectivity index (χ2n) is 13.7. The Morgan fingerprint density at radius 1 is 0.453 bits per heavy atom. The molecule has 0 unspecified atom stereocenters. The molecule has 3 heterocycles. The molecule has 0 amide bonds. The predicted molar refractivity (Wildman–Crippen MR) is 220 cm³/mol. The molecule has 0 saturated carbocycles. The van der Waals surface area contributed by atoms with Crippen LogP contribution < -0.4 is 10.4 Å². The first kappa shape index (κ1) is 35.9. The van der Waals surface area contributed by atoms with E-state index in [2.05, 4.69) is 138 Å². The van der Waals surface area contributed by atoms with Crippen LogP contribution in [0.5, 0.6) is 0 Å². The van der Waals surface area contributed by atoms with Crippen LogP contribution >= 0.6 is 0 Å². The van der Waals surface area contributed by atoms with Crippen LogP contribution in [0, 0.1) is 19.1 Å². The van der Waals surface area contributed by atoms with Gasteiger partial charge in [-0.2, -0.15) is 0 Å². The van der Waals surface area contributed by atoms with Crippen molar-refractivity contribution in [1.82, 2.24) is 9.97 Å². The molecule has 0 saturated heterocycles. The maximum absolute atomic E-state index is 4.48. The van der Waals surface area contributed by atoms with Crippen molar-refractivity contribution in [2.45, 2.75) is 20.0 Å². The molecule has 2 aromatic heterocycles. The molecule has 53 heavy (non-hydrogen) atoms. The van der Waals surface area contributed by atoms with Crippen LogP contribution in [0.15, 0.2) is 176 Å². The van der Waals surface area contributed by atoms with Gasteiger partial charge in [-0.05, 0) is 91.9 Å². The molecule has 8 aromatic rings. The van der Waals surface area contributed by atoms with Gasteiger partial charge in [0.05, 0.1) is 0 Å². The second kappa shape index (κ2) is 15.6. The van der Waals surface area contributed by atoms with Crippen molar-refractivity contribution in [3.8, 4) is 67.0 Å². The topological polar surface area (TPSA) is 25.8 Å². The van der Waals surface area contributed by atoms with Crippen molar-refractivity contribution < 1.29 is 20.1 Å². The van der Waals surface area contributed by atoms with E-state index >= 15 is 0 Å². The fourth-order valence-electron chi connectivity index (χ4n) is 7.19. The fourth-order valence-corrected chi connectivity index (χ4v) is 10.3. The Hall–Kier alpha value is -5.51. The van der Waals surface area contributed by atoms with Gasteiger partial charge in [-0.3, -0.25) is 0 Å². The van der Waals surface area contributed by atoms with E-state index in [9.17, 15) is 0 Å². The van der Waals surface area contributed by atoms with Crippen LogP contribution in [0.1, 0.15) is 5.69 Å². The van der Waals surface area contributed by atoms with Crippen molar-refractivity contribution in [1.29, 1.82) is 0 Å². The number of aryl methyl sites for hydroxylation is 1. The molecule has 2 nitrogen and oxygen atoms in total. The number of hydrogen-bond acceptors (Lipinski definition) is 2. The van der Waals surface area contributed by atoms with Gasteiger partial charge in [0.15, 0.2) is 0 Å². The van der Waals surface area contributed by atoms with Crippen LogP contribution in [0.2, 0.25) is 13.1 Å². The number of aromatic nitrogens is 2. The van der Waals surface area contributed by atoms with Gasteiger partial charge in [0.25, 0.3) is 0 Å². The molecule has 0 N–H and O–H groups in total. The smallest absolute Gasteiger partial charge is 0.113 e. The molecule has 9 rings (SSSR count). The monoisotopic (exact) mass is 875 g/mol. The molecule has 0 bridgehead atoms. The fraction of sp³-hybridized carbons (Fsp3) is 0.0612. The minimum Gasteiger partial charge on any atom is -0.305 e. The summed E-state index contributed by atoms with van der Waals surface area (Å²) in [6.07, 6.45) is 1.82. The number of nitrogens with zero attached hydrogens (tertiary/aromatic N) is 2. The van der Waals surface area contributed by atoms with Crippen LogP contribution in [-0.2, 0) is 20.1 Å². The van der Waals surface area contributed by atoms with Gasteiger partial charge in [-0.1, -0.05) is 116 Å². The van der Waals surface area contributed by atoms with Gasteiger partial charge in [-0.25, -0.2) is 0 Å². The maximum Gasteiger partial charge on any atom is 0.113 e. The molecule has 0 aliphatic carbocycles. The standard InChI is InChI=1S/C37H28NSi.C12H10N.Ir/c1-39(2)36-15-4-3-13-33(36)34-25-31(20-21-37(34)39)30-11-7-9-28(23-30)26-16-18-27(19-17-26)29-10-8-12-32(24-29)35-14-5-6-22-38-35;1-10-6-5-9-12(13-10)11-7-3-2-4-8-11;/h3-11,13-25H,1-2H3;2-7,9H,1H3;/q2*-1;. The van der Waals surface area contributed by atoms with E-state index in [1.165, 1.54) is 44.5 Å². The van der Waals surface area contributed by atoms with Crippen LogP contribution in [0.25, 0.3) is 67.0 Å². The summed E-state index contributed by atoms with van der Waals surface area (Å²) in [7, 11) is -1.63. The van der Waals surface area contributed by atoms with Gasteiger partial charge in [0.2, 0.25) is 0 Å². The third kappa shape index (κ3) is 7.54. The largest absolute Gasteiger partial charge is 0.305 e. The van der Waals surface area contributed by atoms with Crippen LogP contribution in [-0.4, -0.2) is 18.0 Å². The predicted octanol–water partition coefficient (Wildman–Crippen LogP) is 11.2. The maximum atomic E-state index is 4.48. The van der Waals surface area contributed by atoms with E-state index in [1.54, 1.807) is 10.4 Å². The molecule has 6 aromatic carbocycles. The molecule has 4 heteroatoms. The Kier molecular flexibility index (Phi) is 10.6. The number of fused-ring (bicyclic) bond motifs is 3. The molecule has 259 valence electrons. The summed E-state index contributed by atoms with van der Waals surface area (Å²) in [5, 5.41) is 3.10. The Labute approximate surface area is 327 Å². The molecule has 1 radical (unpaired) electrons. The first-order valence-electron chi connectivity index (χ1n) is 17.7. The number of rotatable bonds is 5. The Morgan fingerprint density at radius 3 is 1.81 bits per heavy atom. The quantitative estimate of drug-likeness (QED) is 0.127. The molecular weight excluding hydrogens is 837 g/mol. The average Bonchev–Trinajstić information content (AvgIpc) is 3.44. The molecule has 1 aliphatic heterocycles. The third-order valence-corrected chi connectivity index (χ3v) is 13.5. The van der Waals surface area contributed by atoms with Crippen molar-refractivity contribution in [2.24, 2.45) is 0 Å². The van der Waals surface area contributed by atoms with E-state index in [4.69, 9.17) is 0 Å². The van der Waals surface area contributed by atoms with E-state index in [1.807, 2.05) is 79.9 Å². The molecule has 0 fully saturated rings. The Bertz CT molecular complexity index is 2490.